The number of ketones is 1. The number of benzene rings is 2. The van der Waals surface area contributed by atoms with Crippen LogP contribution in [0.15, 0.2) is 54.6 Å². The maximum absolute atomic E-state index is 13.0. The first-order chi connectivity index (χ1) is 9.19. The number of rotatable bonds is 4. The summed E-state index contributed by atoms with van der Waals surface area (Å²) in [5, 5.41) is 0. The average Bonchev–Trinajstić information content (AvgIpc) is 2.45. The molecule has 0 aliphatic rings. The highest BCUT2D eigenvalue weighted by molar-refractivity contribution is 6.06. The molecule has 0 atom stereocenters. The van der Waals surface area contributed by atoms with Gasteiger partial charge in [-0.25, -0.2) is 4.39 Å². The average molecular weight is 256 g/mol. The van der Waals surface area contributed by atoms with Gasteiger partial charge in [-0.2, -0.15) is 0 Å². The number of ether oxygens (including phenoxy) is 1. The fourth-order valence-electron chi connectivity index (χ4n) is 1.66. The van der Waals surface area contributed by atoms with E-state index in [2.05, 4.69) is 0 Å². The summed E-state index contributed by atoms with van der Waals surface area (Å²) in [5.74, 6) is 0.0725. The lowest BCUT2D eigenvalue weighted by atomic mass is 10.1. The van der Waals surface area contributed by atoms with Gasteiger partial charge in [-0.15, -0.1) is 0 Å². The minimum absolute atomic E-state index is 0.234. The Bertz CT molecular complexity index is 618. The number of carbonyl (C=O) groups excluding carboxylic acids is 1. The van der Waals surface area contributed by atoms with Crippen molar-refractivity contribution in [2.75, 3.05) is 7.11 Å². The van der Waals surface area contributed by atoms with Gasteiger partial charge in [0.2, 0.25) is 0 Å². The van der Waals surface area contributed by atoms with Gasteiger partial charge < -0.3 is 4.74 Å². The molecular weight excluding hydrogens is 243 g/mol. The molecule has 0 bridgehead atoms. The van der Waals surface area contributed by atoms with Crippen LogP contribution < -0.4 is 4.74 Å². The van der Waals surface area contributed by atoms with Gasteiger partial charge in [0.05, 0.1) is 7.11 Å². The Morgan fingerprint density at radius 1 is 1.16 bits per heavy atom. The zero-order valence-corrected chi connectivity index (χ0v) is 10.5. The van der Waals surface area contributed by atoms with E-state index in [1.165, 1.54) is 24.3 Å². The van der Waals surface area contributed by atoms with Crippen LogP contribution in [0.5, 0.6) is 5.75 Å². The van der Waals surface area contributed by atoms with E-state index in [9.17, 15) is 9.18 Å². The fourth-order valence-corrected chi connectivity index (χ4v) is 1.66. The molecule has 2 rings (SSSR count). The number of hydrogen-bond acceptors (Lipinski definition) is 2. The Kier molecular flexibility index (Phi) is 4.08. The molecule has 0 aliphatic heterocycles. The maximum Gasteiger partial charge on any atom is 0.185 e. The van der Waals surface area contributed by atoms with Crippen molar-refractivity contribution in [1.29, 1.82) is 0 Å². The van der Waals surface area contributed by atoms with Gasteiger partial charge in [0.15, 0.2) is 5.78 Å². The number of carbonyl (C=O) groups is 1. The molecule has 0 fully saturated rings. The largest absolute Gasteiger partial charge is 0.497 e. The van der Waals surface area contributed by atoms with Gasteiger partial charge in [0.25, 0.3) is 0 Å². The van der Waals surface area contributed by atoms with E-state index in [1.807, 2.05) is 24.3 Å². The predicted molar refractivity (Wildman–Crippen MR) is 72.8 cm³/mol. The van der Waals surface area contributed by atoms with E-state index in [-0.39, 0.29) is 5.78 Å². The van der Waals surface area contributed by atoms with E-state index in [1.54, 1.807) is 19.3 Å². The molecule has 0 aromatic heterocycles. The van der Waals surface area contributed by atoms with Crippen LogP contribution in [0.25, 0.3) is 6.08 Å². The molecule has 0 heterocycles. The standard InChI is InChI=1S/C16H13FO2/c1-19-15-7-2-4-12(10-15)8-9-16(18)13-5-3-6-14(17)11-13/h2-11H,1H3. The Hall–Kier alpha value is -2.42. The Morgan fingerprint density at radius 2 is 1.95 bits per heavy atom. The first-order valence-electron chi connectivity index (χ1n) is 5.81. The molecule has 0 saturated carbocycles. The lowest BCUT2D eigenvalue weighted by Crippen LogP contribution is -1.94. The van der Waals surface area contributed by atoms with E-state index in [0.717, 1.165) is 11.3 Å². The zero-order valence-electron chi connectivity index (χ0n) is 10.5. The molecule has 2 nitrogen and oxygen atoms in total. The van der Waals surface area contributed by atoms with Crippen LogP contribution >= 0.6 is 0 Å². The van der Waals surface area contributed by atoms with Crippen LogP contribution in [0.3, 0.4) is 0 Å². The Morgan fingerprint density at radius 3 is 2.68 bits per heavy atom. The van der Waals surface area contributed by atoms with Crippen molar-refractivity contribution in [3.63, 3.8) is 0 Å². The third-order valence-electron chi connectivity index (χ3n) is 2.63. The van der Waals surface area contributed by atoms with Crippen LogP contribution in [-0.2, 0) is 0 Å². The van der Waals surface area contributed by atoms with Crippen molar-refractivity contribution in [2.45, 2.75) is 0 Å². The van der Waals surface area contributed by atoms with Crippen molar-refractivity contribution in [1.82, 2.24) is 0 Å². The molecule has 0 spiro atoms. The number of hydrogen-bond donors (Lipinski definition) is 0. The van der Waals surface area contributed by atoms with Crippen molar-refractivity contribution >= 4 is 11.9 Å². The van der Waals surface area contributed by atoms with Gasteiger partial charge in [-0.3, -0.25) is 4.79 Å². The van der Waals surface area contributed by atoms with Crippen molar-refractivity contribution in [3.05, 3.63) is 71.6 Å². The summed E-state index contributed by atoms with van der Waals surface area (Å²) < 4.78 is 18.1. The molecule has 96 valence electrons. The monoisotopic (exact) mass is 256 g/mol. The van der Waals surface area contributed by atoms with Crippen molar-refractivity contribution < 1.29 is 13.9 Å². The minimum atomic E-state index is -0.416. The summed E-state index contributed by atoms with van der Waals surface area (Å²) in [6.45, 7) is 0. The maximum atomic E-state index is 13.0. The molecule has 3 heteroatoms. The first-order valence-corrected chi connectivity index (χ1v) is 5.81. The smallest absolute Gasteiger partial charge is 0.185 e. The second-order valence-corrected chi connectivity index (χ2v) is 3.98. The predicted octanol–water partition coefficient (Wildman–Crippen LogP) is 3.73. The van der Waals surface area contributed by atoms with Crippen molar-refractivity contribution in [3.8, 4) is 5.75 Å². The second kappa shape index (κ2) is 5.96. The second-order valence-electron chi connectivity index (χ2n) is 3.98. The van der Waals surface area contributed by atoms with Crippen molar-refractivity contribution in [2.24, 2.45) is 0 Å². The highest BCUT2D eigenvalue weighted by Gasteiger charge is 2.02. The van der Waals surface area contributed by atoms with E-state index >= 15 is 0 Å². The van der Waals surface area contributed by atoms with Gasteiger partial charge in [-0.1, -0.05) is 30.3 Å². The van der Waals surface area contributed by atoms with E-state index in [4.69, 9.17) is 4.74 Å². The molecule has 0 radical (unpaired) electrons. The van der Waals surface area contributed by atoms with Gasteiger partial charge in [-0.05, 0) is 35.9 Å². The number of methoxy groups -OCH3 is 1. The van der Waals surface area contributed by atoms with Crippen LogP contribution in [0.1, 0.15) is 15.9 Å². The third-order valence-corrected chi connectivity index (χ3v) is 2.63. The summed E-state index contributed by atoms with van der Waals surface area (Å²) >= 11 is 0. The lowest BCUT2D eigenvalue weighted by Gasteiger charge is -2.00. The molecule has 0 saturated heterocycles. The minimum Gasteiger partial charge on any atom is -0.497 e. The summed E-state index contributed by atoms with van der Waals surface area (Å²) in [4.78, 5) is 11.8. The number of halogens is 1. The zero-order chi connectivity index (χ0) is 13.7. The van der Waals surface area contributed by atoms with E-state index < -0.39 is 5.82 Å². The van der Waals surface area contributed by atoms with Crippen LogP contribution in [0.4, 0.5) is 4.39 Å². The molecule has 0 N–H and O–H groups in total. The summed E-state index contributed by atoms with van der Waals surface area (Å²) in [5.41, 5.74) is 1.18. The Labute approximate surface area is 111 Å². The molecule has 0 amide bonds. The topological polar surface area (TPSA) is 26.3 Å². The SMILES string of the molecule is COc1cccc(C=CC(=O)c2cccc(F)c2)c1. The quantitative estimate of drug-likeness (QED) is 0.615. The highest BCUT2D eigenvalue weighted by atomic mass is 19.1. The van der Waals surface area contributed by atoms with Gasteiger partial charge in [0.1, 0.15) is 11.6 Å². The number of allylic oxidation sites excluding steroid dienone is 1. The van der Waals surface area contributed by atoms with Gasteiger partial charge >= 0.3 is 0 Å². The van der Waals surface area contributed by atoms with Gasteiger partial charge in [0, 0.05) is 5.56 Å². The molecule has 19 heavy (non-hydrogen) atoms. The highest BCUT2D eigenvalue weighted by Crippen LogP contribution is 2.14. The normalized spacial score (nSPS) is 10.6. The first kappa shape index (κ1) is 13.0. The summed E-state index contributed by atoms with van der Waals surface area (Å²) in [7, 11) is 1.58. The van der Waals surface area contributed by atoms with E-state index in [0.29, 0.717) is 5.56 Å². The summed E-state index contributed by atoms with van der Waals surface area (Å²) in [6.07, 6.45) is 3.10. The fraction of sp³-hybridized carbons (Fsp3) is 0.0625. The lowest BCUT2D eigenvalue weighted by molar-refractivity contribution is 0.104. The molecule has 2 aromatic rings. The van der Waals surface area contributed by atoms with Crippen LogP contribution in [-0.4, -0.2) is 12.9 Å². The Balaban J connectivity index is 2.16. The molecule has 2 aromatic carbocycles. The third kappa shape index (κ3) is 3.52. The molecular formula is C16H13FO2. The molecule has 0 aliphatic carbocycles. The molecule has 0 unspecified atom stereocenters. The van der Waals surface area contributed by atoms with Crippen LogP contribution in [0.2, 0.25) is 0 Å². The summed E-state index contributed by atoms with van der Waals surface area (Å²) in [6, 6.07) is 13.0. The van der Waals surface area contributed by atoms with Crippen LogP contribution in [0, 0.1) is 5.82 Å².